The molecule has 5 heteroatoms. The van der Waals surface area contributed by atoms with Gasteiger partial charge < -0.3 is 10.0 Å². The van der Waals surface area contributed by atoms with E-state index < -0.39 is 5.97 Å². The van der Waals surface area contributed by atoms with Crippen LogP contribution in [0.3, 0.4) is 0 Å². The van der Waals surface area contributed by atoms with Gasteiger partial charge in [-0.25, -0.2) is 0 Å². The van der Waals surface area contributed by atoms with Crippen molar-refractivity contribution >= 4 is 29.3 Å². The van der Waals surface area contributed by atoms with Gasteiger partial charge in [-0.3, -0.25) is 9.69 Å². The fraction of sp³-hybridized carbons (Fsp3) is 0.286. The number of hydrogen-bond acceptors (Lipinski definition) is 3. The highest BCUT2D eigenvalue weighted by Gasteiger charge is 2.16. The fourth-order valence-electron chi connectivity index (χ4n) is 3.10. The Morgan fingerprint density at radius 1 is 1.00 bits per heavy atom. The largest absolute Gasteiger partial charge is 0.481 e. The molecule has 0 bridgehead atoms. The van der Waals surface area contributed by atoms with Gasteiger partial charge in [-0.05, 0) is 35.4 Å². The molecule has 0 saturated carbocycles. The number of carboxylic acids is 1. The monoisotopic (exact) mass is 370 g/mol. The number of aliphatic carboxylic acids is 1. The SMILES string of the molecule is O=C(O)Cc1ccc(N2CCN(CC=Cc3ccc(Cl)cc3)CC2)cc1. The maximum absolute atomic E-state index is 10.8. The van der Waals surface area contributed by atoms with E-state index in [1.807, 2.05) is 48.5 Å². The fourth-order valence-corrected chi connectivity index (χ4v) is 3.23. The smallest absolute Gasteiger partial charge is 0.307 e. The number of carbonyl (C=O) groups is 1. The van der Waals surface area contributed by atoms with Crippen LogP contribution in [0.15, 0.2) is 54.6 Å². The van der Waals surface area contributed by atoms with Crippen molar-refractivity contribution in [1.29, 1.82) is 0 Å². The van der Waals surface area contributed by atoms with Gasteiger partial charge in [0.2, 0.25) is 0 Å². The maximum atomic E-state index is 10.8. The van der Waals surface area contributed by atoms with Gasteiger partial charge in [0.15, 0.2) is 0 Å². The van der Waals surface area contributed by atoms with Crippen LogP contribution < -0.4 is 4.90 Å². The molecule has 1 heterocycles. The van der Waals surface area contributed by atoms with Gasteiger partial charge in [-0.2, -0.15) is 0 Å². The Labute approximate surface area is 159 Å². The molecule has 0 radical (unpaired) electrons. The van der Waals surface area contributed by atoms with Crippen LogP contribution in [0.2, 0.25) is 5.02 Å². The first-order chi connectivity index (χ1) is 12.6. The van der Waals surface area contributed by atoms with Gasteiger partial charge in [0.05, 0.1) is 6.42 Å². The second kappa shape index (κ2) is 8.88. The van der Waals surface area contributed by atoms with Crippen molar-refractivity contribution < 1.29 is 9.90 Å². The quantitative estimate of drug-likeness (QED) is 0.839. The molecule has 2 aromatic rings. The second-order valence-electron chi connectivity index (χ2n) is 6.48. The van der Waals surface area contributed by atoms with E-state index in [4.69, 9.17) is 16.7 Å². The average Bonchev–Trinajstić information content (AvgIpc) is 2.64. The van der Waals surface area contributed by atoms with E-state index in [9.17, 15) is 4.79 Å². The number of anilines is 1. The third-order valence-electron chi connectivity index (χ3n) is 4.57. The molecule has 2 aromatic carbocycles. The van der Waals surface area contributed by atoms with Crippen LogP contribution in [0.1, 0.15) is 11.1 Å². The lowest BCUT2D eigenvalue weighted by atomic mass is 10.1. The Balaban J connectivity index is 1.46. The van der Waals surface area contributed by atoms with Gasteiger partial charge in [0.1, 0.15) is 0 Å². The number of carboxylic acid groups (broad SMARTS) is 1. The molecule has 0 aromatic heterocycles. The van der Waals surface area contributed by atoms with Gasteiger partial charge in [-0.1, -0.05) is 48.0 Å². The standard InChI is InChI=1S/C21H23ClN2O2/c22-19-7-3-17(4-8-19)2-1-11-23-12-14-24(15-13-23)20-9-5-18(6-10-20)16-21(25)26/h1-10H,11-16H2,(H,25,26). The van der Waals surface area contributed by atoms with Crippen LogP contribution in [0.5, 0.6) is 0 Å². The maximum Gasteiger partial charge on any atom is 0.307 e. The number of nitrogens with zero attached hydrogens (tertiary/aromatic N) is 2. The predicted molar refractivity (Wildman–Crippen MR) is 107 cm³/mol. The molecule has 4 nitrogen and oxygen atoms in total. The third-order valence-corrected chi connectivity index (χ3v) is 4.83. The van der Waals surface area contributed by atoms with E-state index in [1.165, 1.54) is 0 Å². The zero-order valence-corrected chi connectivity index (χ0v) is 15.4. The van der Waals surface area contributed by atoms with Gasteiger partial charge in [0.25, 0.3) is 0 Å². The van der Waals surface area contributed by atoms with E-state index >= 15 is 0 Å². The Kier molecular flexibility index (Phi) is 6.31. The topological polar surface area (TPSA) is 43.8 Å². The molecule has 0 aliphatic carbocycles. The van der Waals surface area contributed by atoms with Crippen LogP contribution >= 0.6 is 11.6 Å². The summed E-state index contributed by atoms with van der Waals surface area (Å²) >= 11 is 5.90. The average molecular weight is 371 g/mol. The van der Waals surface area contributed by atoms with E-state index in [0.717, 1.165) is 54.6 Å². The Morgan fingerprint density at radius 2 is 1.65 bits per heavy atom. The molecule has 0 atom stereocenters. The summed E-state index contributed by atoms with van der Waals surface area (Å²) in [6.45, 7) is 4.93. The van der Waals surface area contributed by atoms with Crippen molar-refractivity contribution in [3.8, 4) is 0 Å². The number of piperazine rings is 1. The van der Waals surface area contributed by atoms with Crippen molar-refractivity contribution in [3.05, 3.63) is 70.8 Å². The van der Waals surface area contributed by atoms with Crippen LogP contribution in [0.25, 0.3) is 6.08 Å². The van der Waals surface area contributed by atoms with Crippen molar-refractivity contribution in [3.63, 3.8) is 0 Å². The minimum absolute atomic E-state index is 0.0774. The van der Waals surface area contributed by atoms with Gasteiger partial charge >= 0.3 is 5.97 Å². The lowest BCUT2D eigenvalue weighted by molar-refractivity contribution is -0.136. The molecule has 1 aliphatic rings. The first-order valence-electron chi connectivity index (χ1n) is 8.80. The zero-order valence-electron chi connectivity index (χ0n) is 14.6. The third kappa shape index (κ3) is 5.35. The van der Waals surface area contributed by atoms with Crippen molar-refractivity contribution in [2.45, 2.75) is 6.42 Å². The number of halogens is 1. The summed E-state index contributed by atoms with van der Waals surface area (Å²) in [7, 11) is 0. The zero-order chi connectivity index (χ0) is 18.4. The summed E-state index contributed by atoms with van der Waals surface area (Å²) in [4.78, 5) is 15.5. The highest BCUT2D eigenvalue weighted by molar-refractivity contribution is 6.30. The summed E-state index contributed by atoms with van der Waals surface area (Å²) in [5.41, 5.74) is 3.16. The molecule has 1 N–H and O–H groups in total. The molecule has 3 rings (SSSR count). The Hall–Kier alpha value is -2.30. The van der Waals surface area contributed by atoms with E-state index in [0.29, 0.717) is 0 Å². The Bertz CT molecular complexity index is 749. The van der Waals surface area contributed by atoms with E-state index in [-0.39, 0.29) is 6.42 Å². The molecule has 1 aliphatic heterocycles. The minimum Gasteiger partial charge on any atom is -0.481 e. The summed E-state index contributed by atoms with van der Waals surface area (Å²) in [6, 6.07) is 15.7. The molecule has 0 spiro atoms. The van der Waals surface area contributed by atoms with Crippen molar-refractivity contribution in [2.24, 2.45) is 0 Å². The van der Waals surface area contributed by atoms with Crippen LogP contribution in [0, 0.1) is 0 Å². The summed E-state index contributed by atoms with van der Waals surface area (Å²) < 4.78 is 0. The molecule has 26 heavy (non-hydrogen) atoms. The number of benzene rings is 2. The highest BCUT2D eigenvalue weighted by atomic mass is 35.5. The predicted octanol–water partition coefficient (Wildman–Crippen LogP) is 3.80. The lowest BCUT2D eigenvalue weighted by Gasteiger charge is -2.35. The molecule has 136 valence electrons. The molecular weight excluding hydrogens is 348 g/mol. The second-order valence-corrected chi connectivity index (χ2v) is 6.91. The first-order valence-corrected chi connectivity index (χ1v) is 9.18. The van der Waals surface area contributed by atoms with Gasteiger partial charge in [-0.15, -0.1) is 0 Å². The molecule has 0 amide bonds. The summed E-state index contributed by atoms with van der Waals surface area (Å²) in [5.74, 6) is -0.794. The van der Waals surface area contributed by atoms with Crippen molar-refractivity contribution in [1.82, 2.24) is 4.90 Å². The first kappa shape index (κ1) is 18.5. The van der Waals surface area contributed by atoms with Crippen molar-refractivity contribution in [2.75, 3.05) is 37.6 Å². The van der Waals surface area contributed by atoms with Crippen LogP contribution in [0.4, 0.5) is 5.69 Å². The minimum atomic E-state index is -0.794. The van der Waals surface area contributed by atoms with Crippen LogP contribution in [-0.2, 0) is 11.2 Å². The normalized spacial score (nSPS) is 15.5. The van der Waals surface area contributed by atoms with Crippen LogP contribution in [-0.4, -0.2) is 48.7 Å². The lowest BCUT2D eigenvalue weighted by Crippen LogP contribution is -2.46. The summed E-state index contributed by atoms with van der Waals surface area (Å²) in [5, 5.41) is 9.60. The number of hydrogen-bond donors (Lipinski definition) is 1. The molecular formula is C21H23ClN2O2. The van der Waals surface area contributed by atoms with E-state index in [1.54, 1.807) is 0 Å². The Morgan fingerprint density at radius 3 is 2.27 bits per heavy atom. The molecule has 1 fully saturated rings. The number of rotatable bonds is 6. The molecule has 0 unspecified atom stereocenters. The van der Waals surface area contributed by atoms with E-state index in [2.05, 4.69) is 22.0 Å². The highest BCUT2D eigenvalue weighted by Crippen LogP contribution is 2.18. The van der Waals surface area contributed by atoms with Gasteiger partial charge in [0, 0.05) is 43.4 Å². The molecule has 1 saturated heterocycles. The summed E-state index contributed by atoms with van der Waals surface area (Å²) in [6.07, 6.45) is 4.40.